The number of thioether (sulfide) groups is 1. The Kier molecular flexibility index (Phi) is 7.73. The molecule has 0 bridgehead atoms. The summed E-state index contributed by atoms with van der Waals surface area (Å²) in [5.74, 6) is 0.768. The molecule has 1 aliphatic heterocycles. The third-order valence-corrected chi connectivity index (χ3v) is 6.54. The minimum atomic E-state index is -0.364. The number of nitrogens with zero attached hydrogens (tertiary/aromatic N) is 1. The second-order valence-corrected chi connectivity index (χ2v) is 9.12. The highest BCUT2D eigenvalue weighted by Crippen LogP contribution is 2.38. The molecule has 5 nitrogen and oxygen atoms in total. The summed E-state index contributed by atoms with van der Waals surface area (Å²) < 4.78 is 11.9. The largest absolute Gasteiger partial charge is 0.493 e. The van der Waals surface area contributed by atoms with Crippen LogP contribution in [0.4, 0.5) is 4.79 Å². The zero-order valence-electron chi connectivity index (χ0n) is 15.8. The van der Waals surface area contributed by atoms with Crippen LogP contribution >= 0.6 is 57.6 Å². The van der Waals surface area contributed by atoms with E-state index in [1.807, 2.05) is 6.07 Å². The summed E-state index contributed by atoms with van der Waals surface area (Å²) in [4.78, 5) is 26.7. The number of ether oxygens (including phenoxy) is 2. The molecular weight excluding hydrogens is 560 g/mol. The maximum Gasteiger partial charge on any atom is 0.293 e. The van der Waals surface area contributed by atoms with Gasteiger partial charge < -0.3 is 9.47 Å². The van der Waals surface area contributed by atoms with Gasteiger partial charge in [0.15, 0.2) is 11.5 Å². The van der Waals surface area contributed by atoms with E-state index in [2.05, 4.69) is 29.2 Å². The molecule has 0 aromatic heterocycles. The summed E-state index contributed by atoms with van der Waals surface area (Å²) in [5.41, 5.74) is 1.44. The maximum atomic E-state index is 12.8. The minimum Gasteiger partial charge on any atom is -0.493 e. The van der Waals surface area contributed by atoms with Crippen LogP contribution in [0.3, 0.4) is 0 Å². The number of rotatable bonds is 7. The number of hydrogen-bond acceptors (Lipinski definition) is 5. The first-order valence-corrected chi connectivity index (χ1v) is 11.3. The lowest BCUT2D eigenvalue weighted by atomic mass is 10.1. The number of benzene rings is 2. The molecule has 0 spiro atoms. The van der Waals surface area contributed by atoms with Gasteiger partial charge in [0.25, 0.3) is 11.1 Å². The number of halogens is 3. The van der Waals surface area contributed by atoms with Gasteiger partial charge in [-0.1, -0.05) is 41.9 Å². The van der Waals surface area contributed by atoms with E-state index in [4.69, 9.17) is 32.7 Å². The fourth-order valence-corrected chi connectivity index (χ4v) is 4.65. The summed E-state index contributed by atoms with van der Waals surface area (Å²) in [7, 11) is 1.54. The molecule has 2 amide bonds. The smallest absolute Gasteiger partial charge is 0.293 e. The van der Waals surface area contributed by atoms with Crippen molar-refractivity contribution in [2.75, 3.05) is 13.7 Å². The van der Waals surface area contributed by atoms with Gasteiger partial charge in [-0.2, -0.15) is 0 Å². The van der Waals surface area contributed by atoms with Crippen molar-refractivity contribution in [3.63, 3.8) is 0 Å². The molecule has 1 fully saturated rings. The molecule has 0 atom stereocenters. The van der Waals surface area contributed by atoms with Crippen LogP contribution in [0.25, 0.3) is 6.08 Å². The molecule has 0 N–H and O–H groups in total. The second kappa shape index (κ2) is 10.1. The molecule has 2 aromatic carbocycles. The van der Waals surface area contributed by atoms with Crippen LogP contribution in [-0.2, 0) is 11.3 Å². The fourth-order valence-electron chi connectivity index (χ4n) is 2.71. The van der Waals surface area contributed by atoms with Gasteiger partial charge in [-0.15, -0.1) is 0 Å². The highest BCUT2D eigenvalue weighted by atomic mass is 127. The number of amides is 2. The Bertz CT molecular complexity index is 1060. The lowest BCUT2D eigenvalue weighted by Crippen LogP contribution is -2.27. The fraction of sp³-hybridized carbons (Fsp3) is 0.143. The van der Waals surface area contributed by atoms with Crippen LogP contribution in [0.5, 0.6) is 11.5 Å². The quantitative estimate of drug-likeness (QED) is 0.217. The number of carbonyl (C=O) groups excluding carboxylic acids is 2. The molecule has 3 rings (SSSR count). The first-order chi connectivity index (χ1) is 14.3. The molecule has 0 unspecified atom stereocenters. The van der Waals surface area contributed by atoms with Crippen LogP contribution in [0.15, 0.2) is 47.9 Å². The normalized spacial score (nSPS) is 15.1. The van der Waals surface area contributed by atoms with E-state index in [-0.39, 0.29) is 17.7 Å². The number of methoxy groups -OCH3 is 1. The molecule has 0 radical (unpaired) electrons. The highest BCUT2D eigenvalue weighted by molar-refractivity contribution is 14.1. The van der Waals surface area contributed by atoms with Crippen molar-refractivity contribution in [2.24, 2.45) is 0 Å². The first-order valence-electron chi connectivity index (χ1n) is 8.64. The monoisotopic (exact) mass is 575 g/mol. The van der Waals surface area contributed by atoms with Crippen molar-refractivity contribution < 1.29 is 19.1 Å². The summed E-state index contributed by atoms with van der Waals surface area (Å²) in [6.45, 7) is 4.11. The Hall–Kier alpha value is -1.68. The van der Waals surface area contributed by atoms with Gasteiger partial charge in [-0.3, -0.25) is 14.5 Å². The molecule has 156 valence electrons. The van der Waals surface area contributed by atoms with E-state index in [1.165, 1.54) is 4.90 Å². The molecule has 1 saturated heterocycles. The van der Waals surface area contributed by atoms with Crippen molar-refractivity contribution in [3.8, 4) is 11.5 Å². The molecule has 1 heterocycles. The number of hydrogen-bond donors (Lipinski definition) is 0. The van der Waals surface area contributed by atoms with Crippen LogP contribution in [-0.4, -0.2) is 29.8 Å². The molecule has 1 aliphatic rings. The predicted octanol–water partition coefficient (Wildman–Crippen LogP) is 6.41. The summed E-state index contributed by atoms with van der Waals surface area (Å²) >= 11 is 15.0. The third-order valence-electron chi connectivity index (χ3n) is 4.09. The molecule has 0 saturated carbocycles. The SMILES string of the molecule is C=CCOc1c(I)cc(/C=C2\SC(=O)N(Cc3ccc(Cl)c(Cl)c3)C2=O)cc1OC. The van der Waals surface area contributed by atoms with Gasteiger partial charge >= 0.3 is 0 Å². The third kappa shape index (κ3) is 5.14. The molecule has 2 aromatic rings. The Morgan fingerprint density at radius 3 is 2.63 bits per heavy atom. The molecule has 9 heteroatoms. The molecule has 0 aliphatic carbocycles. The van der Waals surface area contributed by atoms with Crippen molar-refractivity contribution in [2.45, 2.75) is 6.54 Å². The van der Waals surface area contributed by atoms with Crippen molar-refractivity contribution in [1.29, 1.82) is 0 Å². The van der Waals surface area contributed by atoms with E-state index in [9.17, 15) is 9.59 Å². The Labute approximate surface area is 202 Å². The van der Waals surface area contributed by atoms with E-state index >= 15 is 0 Å². The summed E-state index contributed by atoms with van der Waals surface area (Å²) in [6, 6.07) is 8.63. The zero-order valence-corrected chi connectivity index (χ0v) is 20.3. The lowest BCUT2D eigenvalue weighted by Gasteiger charge is -2.13. The Balaban J connectivity index is 1.85. The zero-order chi connectivity index (χ0) is 21.8. The van der Waals surface area contributed by atoms with Gasteiger partial charge in [0, 0.05) is 0 Å². The minimum absolute atomic E-state index is 0.119. The van der Waals surface area contributed by atoms with E-state index in [1.54, 1.807) is 43.5 Å². The first kappa shape index (κ1) is 23.0. The van der Waals surface area contributed by atoms with Crippen LogP contribution in [0.1, 0.15) is 11.1 Å². The molecule has 30 heavy (non-hydrogen) atoms. The average molecular weight is 576 g/mol. The second-order valence-electron chi connectivity index (χ2n) is 6.15. The highest BCUT2D eigenvalue weighted by Gasteiger charge is 2.35. The van der Waals surface area contributed by atoms with E-state index < -0.39 is 0 Å². The van der Waals surface area contributed by atoms with Gasteiger partial charge in [-0.25, -0.2) is 0 Å². The molecular formula is C21H16Cl2INO4S. The average Bonchev–Trinajstić information content (AvgIpc) is 2.97. The van der Waals surface area contributed by atoms with Crippen molar-refractivity contribution in [3.05, 3.63) is 72.6 Å². The van der Waals surface area contributed by atoms with Gasteiger partial charge in [0.1, 0.15) is 6.61 Å². The maximum absolute atomic E-state index is 12.8. The van der Waals surface area contributed by atoms with Gasteiger partial charge in [0.2, 0.25) is 0 Å². The number of carbonyl (C=O) groups is 2. The van der Waals surface area contributed by atoms with Crippen LogP contribution < -0.4 is 9.47 Å². The van der Waals surface area contributed by atoms with Crippen LogP contribution in [0, 0.1) is 3.57 Å². The van der Waals surface area contributed by atoms with Crippen LogP contribution in [0.2, 0.25) is 10.0 Å². The van der Waals surface area contributed by atoms with Crippen molar-refractivity contribution >= 4 is 74.8 Å². The Morgan fingerprint density at radius 1 is 1.20 bits per heavy atom. The predicted molar refractivity (Wildman–Crippen MR) is 129 cm³/mol. The van der Waals surface area contributed by atoms with Crippen molar-refractivity contribution in [1.82, 2.24) is 4.90 Å². The van der Waals surface area contributed by atoms with Gasteiger partial charge in [-0.05, 0) is 75.8 Å². The summed E-state index contributed by atoms with van der Waals surface area (Å²) in [6.07, 6.45) is 3.31. The summed E-state index contributed by atoms with van der Waals surface area (Å²) in [5, 5.41) is 0.445. The van der Waals surface area contributed by atoms with Gasteiger partial charge in [0.05, 0.1) is 32.2 Å². The van der Waals surface area contributed by atoms with E-state index in [0.717, 1.165) is 20.9 Å². The van der Waals surface area contributed by atoms with E-state index in [0.29, 0.717) is 38.6 Å². The topological polar surface area (TPSA) is 55.8 Å². The number of imide groups is 1. The standard InChI is InChI=1S/C21H16Cl2INO4S/c1-3-6-29-19-16(24)8-13(9-17(19)28-2)10-18-20(26)25(21(27)30-18)11-12-4-5-14(22)15(23)7-12/h3-5,7-10H,1,6,11H2,2H3/b18-10-. The Morgan fingerprint density at radius 2 is 1.97 bits per heavy atom. The lowest BCUT2D eigenvalue weighted by molar-refractivity contribution is -0.123.